The molecule has 0 aromatic carbocycles. The summed E-state index contributed by atoms with van der Waals surface area (Å²) >= 11 is 0. The predicted octanol–water partition coefficient (Wildman–Crippen LogP) is 3.32. The Morgan fingerprint density at radius 1 is 1.14 bits per heavy atom. The number of nitrogens with zero attached hydrogens (tertiary/aromatic N) is 2. The van der Waals surface area contributed by atoms with E-state index >= 15 is 0 Å². The Kier molecular flexibility index (Phi) is 6.60. The summed E-state index contributed by atoms with van der Waals surface area (Å²) in [7, 11) is 0. The smallest absolute Gasteiger partial charge is 0.0995 e. The van der Waals surface area contributed by atoms with Crippen molar-refractivity contribution in [1.29, 1.82) is 0 Å². The second kappa shape index (κ2) is 6.86. The minimum absolute atomic E-state index is 0.444. The molecular formula is C12H26N2. The summed E-state index contributed by atoms with van der Waals surface area (Å²) in [6.45, 7) is 14.0. The fourth-order valence-electron chi connectivity index (χ4n) is 1.67. The average Bonchev–Trinajstić information content (AvgIpc) is 2.55. The molecule has 1 rings (SSSR count). The first-order valence-corrected chi connectivity index (χ1v) is 5.94. The average molecular weight is 198 g/mol. The molecule has 0 atom stereocenters. The predicted molar refractivity (Wildman–Crippen MR) is 65.0 cm³/mol. The Hall–Kier alpha value is -0.530. The van der Waals surface area contributed by atoms with Gasteiger partial charge in [-0.3, -0.25) is 4.99 Å². The quantitative estimate of drug-likeness (QED) is 0.664. The SMILES string of the molecule is CC.CC(C)N=C1CCCN1C(C)C. The van der Waals surface area contributed by atoms with Crippen LogP contribution in [-0.4, -0.2) is 29.4 Å². The van der Waals surface area contributed by atoms with Crippen molar-refractivity contribution in [3.8, 4) is 0 Å². The topological polar surface area (TPSA) is 15.6 Å². The molecule has 0 radical (unpaired) electrons. The van der Waals surface area contributed by atoms with Crippen molar-refractivity contribution in [2.24, 2.45) is 4.99 Å². The van der Waals surface area contributed by atoms with E-state index in [1.165, 1.54) is 25.2 Å². The van der Waals surface area contributed by atoms with Gasteiger partial charge < -0.3 is 4.90 Å². The maximum atomic E-state index is 4.62. The highest BCUT2D eigenvalue weighted by molar-refractivity contribution is 5.84. The van der Waals surface area contributed by atoms with Crippen LogP contribution in [-0.2, 0) is 0 Å². The van der Waals surface area contributed by atoms with E-state index in [1.54, 1.807) is 0 Å². The van der Waals surface area contributed by atoms with Crippen LogP contribution in [0.25, 0.3) is 0 Å². The van der Waals surface area contributed by atoms with E-state index in [4.69, 9.17) is 0 Å². The molecule has 0 saturated carbocycles. The molecule has 0 unspecified atom stereocenters. The molecule has 0 bridgehead atoms. The highest BCUT2D eigenvalue weighted by atomic mass is 15.2. The number of rotatable bonds is 2. The summed E-state index contributed by atoms with van der Waals surface area (Å²) < 4.78 is 0. The lowest BCUT2D eigenvalue weighted by molar-refractivity contribution is 0.376. The van der Waals surface area contributed by atoms with Crippen LogP contribution < -0.4 is 0 Å². The molecule has 1 fully saturated rings. The normalized spacial score (nSPS) is 19.1. The molecule has 2 nitrogen and oxygen atoms in total. The first-order chi connectivity index (χ1) is 6.61. The van der Waals surface area contributed by atoms with Crippen molar-refractivity contribution >= 4 is 5.84 Å². The minimum atomic E-state index is 0.444. The van der Waals surface area contributed by atoms with E-state index in [2.05, 4.69) is 37.6 Å². The van der Waals surface area contributed by atoms with E-state index in [0.717, 1.165) is 0 Å². The molecule has 0 spiro atoms. The summed E-state index contributed by atoms with van der Waals surface area (Å²) in [5.41, 5.74) is 0. The van der Waals surface area contributed by atoms with E-state index in [1.807, 2.05) is 13.8 Å². The monoisotopic (exact) mass is 198 g/mol. The summed E-state index contributed by atoms with van der Waals surface area (Å²) in [5, 5.41) is 0. The van der Waals surface area contributed by atoms with E-state index < -0.39 is 0 Å². The molecule has 1 saturated heterocycles. The van der Waals surface area contributed by atoms with Crippen molar-refractivity contribution in [3.05, 3.63) is 0 Å². The lowest BCUT2D eigenvalue weighted by Gasteiger charge is -2.23. The van der Waals surface area contributed by atoms with Crippen molar-refractivity contribution in [2.45, 2.75) is 66.5 Å². The highest BCUT2D eigenvalue weighted by Crippen LogP contribution is 2.15. The second-order valence-electron chi connectivity index (χ2n) is 4.03. The van der Waals surface area contributed by atoms with E-state index in [0.29, 0.717) is 12.1 Å². The number of hydrogen-bond donors (Lipinski definition) is 0. The summed E-state index contributed by atoms with van der Waals surface area (Å²) in [6, 6.07) is 1.06. The van der Waals surface area contributed by atoms with Gasteiger partial charge in [-0.05, 0) is 34.1 Å². The molecule has 1 aliphatic rings. The zero-order valence-electron chi connectivity index (χ0n) is 10.7. The largest absolute Gasteiger partial charge is 0.358 e. The first kappa shape index (κ1) is 13.5. The molecule has 1 aliphatic heterocycles. The van der Waals surface area contributed by atoms with Gasteiger partial charge in [0.2, 0.25) is 0 Å². The van der Waals surface area contributed by atoms with Gasteiger partial charge >= 0.3 is 0 Å². The number of aliphatic imine (C=N–C) groups is 1. The van der Waals surface area contributed by atoms with Crippen LogP contribution in [0.4, 0.5) is 0 Å². The van der Waals surface area contributed by atoms with Gasteiger partial charge in [0.1, 0.15) is 0 Å². The summed E-state index contributed by atoms with van der Waals surface area (Å²) in [5.74, 6) is 1.32. The highest BCUT2D eigenvalue weighted by Gasteiger charge is 2.20. The Morgan fingerprint density at radius 3 is 2.14 bits per heavy atom. The number of likely N-dealkylation sites (tertiary alicyclic amines) is 1. The molecule has 0 aliphatic carbocycles. The third-order valence-corrected chi connectivity index (χ3v) is 2.16. The van der Waals surface area contributed by atoms with Crippen LogP contribution in [0.5, 0.6) is 0 Å². The van der Waals surface area contributed by atoms with E-state index in [-0.39, 0.29) is 0 Å². The Labute approximate surface area is 89.4 Å². The van der Waals surface area contributed by atoms with Crippen LogP contribution in [0.2, 0.25) is 0 Å². The Morgan fingerprint density at radius 2 is 1.71 bits per heavy atom. The maximum Gasteiger partial charge on any atom is 0.0995 e. The molecule has 0 aromatic heterocycles. The third-order valence-electron chi connectivity index (χ3n) is 2.16. The summed E-state index contributed by atoms with van der Waals surface area (Å²) in [4.78, 5) is 7.04. The van der Waals surface area contributed by atoms with Gasteiger partial charge in [0.05, 0.1) is 5.84 Å². The zero-order valence-corrected chi connectivity index (χ0v) is 10.7. The van der Waals surface area contributed by atoms with Gasteiger partial charge in [-0.1, -0.05) is 13.8 Å². The van der Waals surface area contributed by atoms with Crippen molar-refractivity contribution in [2.75, 3.05) is 6.54 Å². The fraction of sp³-hybridized carbons (Fsp3) is 0.917. The van der Waals surface area contributed by atoms with Gasteiger partial charge in [0.15, 0.2) is 0 Å². The van der Waals surface area contributed by atoms with Crippen molar-refractivity contribution < 1.29 is 0 Å². The number of amidine groups is 1. The standard InChI is InChI=1S/C10H20N2.C2H6/c1-8(2)11-10-6-5-7-12(10)9(3)4;1-2/h8-9H,5-7H2,1-4H3;1-2H3. The molecule has 0 N–H and O–H groups in total. The Balaban J connectivity index is 0.000000791. The molecule has 1 heterocycles. The minimum Gasteiger partial charge on any atom is -0.358 e. The molecule has 2 heteroatoms. The molecule has 14 heavy (non-hydrogen) atoms. The lowest BCUT2D eigenvalue weighted by Crippen LogP contribution is -2.32. The number of hydrogen-bond acceptors (Lipinski definition) is 1. The van der Waals surface area contributed by atoms with Crippen molar-refractivity contribution in [3.63, 3.8) is 0 Å². The van der Waals surface area contributed by atoms with Crippen molar-refractivity contribution in [1.82, 2.24) is 4.90 Å². The van der Waals surface area contributed by atoms with Crippen LogP contribution in [0, 0.1) is 0 Å². The zero-order chi connectivity index (χ0) is 11.1. The molecular weight excluding hydrogens is 172 g/mol. The second-order valence-corrected chi connectivity index (χ2v) is 4.03. The third kappa shape index (κ3) is 4.12. The molecule has 84 valence electrons. The van der Waals surface area contributed by atoms with E-state index in [9.17, 15) is 0 Å². The fourth-order valence-corrected chi connectivity index (χ4v) is 1.67. The van der Waals surface area contributed by atoms with Crippen LogP contribution in [0.3, 0.4) is 0 Å². The maximum absolute atomic E-state index is 4.62. The summed E-state index contributed by atoms with van der Waals surface area (Å²) in [6.07, 6.45) is 2.46. The van der Waals surface area contributed by atoms with Crippen LogP contribution in [0.15, 0.2) is 4.99 Å². The van der Waals surface area contributed by atoms with Gasteiger partial charge in [-0.15, -0.1) is 0 Å². The van der Waals surface area contributed by atoms with Crippen LogP contribution in [0.1, 0.15) is 54.4 Å². The molecule has 0 aromatic rings. The van der Waals surface area contributed by atoms with Gasteiger partial charge in [0.25, 0.3) is 0 Å². The van der Waals surface area contributed by atoms with Gasteiger partial charge in [-0.25, -0.2) is 0 Å². The van der Waals surface area contributed by atoms with Gasteiger partial charge in [0, 0.05) is 25.0 Å². The van der Waals surface area contributed by atoms with Gasteiger partial charge in [-0.2, -0.15) is 0 Å². The lowest BCUT2D eigenvalue weighted by atomic mass is 10.3. The van der Waals surface area contributed by atoms with Crippen LogP contribution >= 0.6 is 0 Å². The first-order valence-electron chi connectivity index (χ1n) is 5.94. The molecule has 0 amide bonds. The Bertz CT molecular complexity index is 171.